The van der Waals surface area contributed by atoms with Crippen LogP contribution < -0.4 is 10.2 Å². The maximum atomic E-state index is 12.5. The Balaban J connectivity index is 1.74. The lowest BCUT2D eigenvalue weighted by Gasteiger charge is -2.32. The first-order valence-corrected chi connectivity index (χ1v) is 10.5. The molecule has 0 spiro atoms. The van der Waals surface area contributed by atoms with E-state index in [0.29, 0.717) is 0 Å². The van der Waals surface area contributed by atoms with E-state index in [2.05, 4.69) is 4.72 Å². The van der Waals surface area contributed by atoms with E-state index in [0.717, 1.165) is 16.6 Å². The standard InChI is InChI=1S/C20H26BNO4S/c1-15-8-6-11-18(12-15)27(23,24)22-14-16-9-7-10-17(13-16)21-25-19(2,3)20(4,5)26-21/h6-13,22H,14H2,1-5H3. The molecule has 144 valence electrons. The Kier molecular flexibility index (Phi) is 5.25. The van der Waals surface area contributed by atoms with Crippen molar-refractivity contribution < 1.29 is 17.7 Å². The normalized spacial score (nSPS) is 18.6. The lowest BCUT2D eigenvalue weighted by molar-refractivity contribution is 0.00578. The van der Waals surface area contributed by atoms with Gasteiger partial charge in [-0.3, -0.25) is 0 Å². The van der Waals surface area contributed by atoms with Crippen LogP contribution in [0.3, 0.4) is 0 Å². The molecule has 1 aliphatic rings. The second kappa shape index (κ2) is 7.06. The maximum Gasteiger partial charge on any atom is 0.494 e. The summed E-state index contributed by atoms with van der Waals surface area (Å²) < 4.78 is 39.8. The Labute approximate surface area is 162 Å². The number of aryl methyl sites for hydroxylation is 1. The summed E-state index contributed by atoms with van der Waals surface area (Å²) in [5.41, 5.74) is 1.79. The van der Waals surface area contributed by atoms with Crippen molar-refractivity contribution in [2.24, 2.45) is 0 Å². The zero-order valence-corrected chi connectivity index (χ0v) is 17.3. The van der Waals surface area contributed by atoms with Crippen molar-refractivity contribution in [3.05, 3.63) is 59.7 Å². The third-order valence-corrected chi connectivity index (χ3v) is 6.64. The van der Waals surface area contributed by atoms with Crippen LogP contribution in [0.25, 0.3) is 0 Å². The highest BCUT2D eigenvalue weighted by Crippen LogP contribution is 2.36. The van der Waals surface area contributed by atoms with Crippen molar-refractivity contribution in [2.75, 3.05) is 0 Å². The summed E-state index contributed by atoms with van der Waals surface area (Å²) in [5, 5.41) is 0. The third-order valence-electron chi connectivity index (χ3n) is 5.24. The monoisotopic (exact) mass is 387 g/mol. The molecule has 0 atom stereocenters. The fourth-order valence-electron chi connectivity index (χ4n) is 2.87. The quantitative estimate of drug-likeness (QED) is 0.802. The van der Waals surface area contributed by atoms with Gasteiger partial charge in [-0.05, 0) is 63.3 Å². The Hall–Kier alpha value is -1.67. The molecule has 0 aliphatic carbocycles. The molecule has 1 heterocycles. The summed E-state index contributed by atoms with van der Waals surface area (Å²) in [6.07, 6.45) is 0. The van der Waals surface area contributed by atoms with Gasteiger partial charge in [-0.1, -0.05) is 36.4 Å². The molecule has 0 bridgehead atoms. The van der Waals surface area contributed by atoms with E-state index in [-0.39, 0.29) is 11.4 Å². The SMILES string of the molecule is Cc1cccc(S(=O)(=O)NCc2cccc(B3OC(C)(C)C(C)(C)O3)c2)c1. The molecule has 0 aromatic heterocycles. The van der Waals surface area contributed by atoms with Crippen molar-refractivity contribution in [2.45, 2.75) is 57.3 Å². The molecular weight excluding hydrogens is 361 g/mol. The average molecular weight is 387 g/mol. The van der Waals surface area contributed by atoms with Crippen molar-refractivity contribution in [1.82, 2.24) is 4.72 Å². The van der Waals surface area contributed by atoms with E-state index in [9.17, 15) is 8.42 Å². The maximum absolute atomic E-state index is 12.5. The molecule has 0 amide bonds. The van der Waals surface area contributed by atoms with Gasteiger partial charge in [0.2, 0.25) is 10.0 Å². The van der Waals surface area contributed by atoms with Crippen LogP contribution >= 0.6 is 0 Å². The van der Waals surface area contributed by atoms with Crippen molar-refractivity contribution >= 4 is 22.6 Å². The molecule has 1 aliphatic heterocycles. The molecule has 1 saturated heterocycles. The van der Waals surface area contributed by atoms with Crippen molar-refractivity contribution in [3.8, 4) is 0 Å². The van der Waals surface area contributed by atoms with Gasteiger partial charge in [0.15, 0.2) is 0 Å². The highest BCUT2D eigenvalue weighted by atomic mass is 32.2. The van der Waals surface area contributed by atoms with E-state index >= 15 is 0 Å². The van der Waals surface area contributed by atoms with Crippen LogP contribution in [0.15, 0.2) is 53.4 Å². The molecule has 0 saturated carbocycles. The summed E-state index contributed by atoms with van der Waals surface area (Å²) in [6.45, 7) is 10.1. The molecular formula is C20H26BNO4S. The molecule has 0 unspecified atom stereocenters. The van der Waals surface area contributed by atoms with Crippen LogP contribution in [0.1, 0.15) is 38.8 Å². The van der Waals surface area contributed by atoms with Crippen molar-refractivity contribution in [3.63, 3.8) is 0 Å². The van der Waals surface area contributed by atoms with Crippen LogP contribution in [0.2, 0.25) is 0 Å². The highest BCUT2D eigenvalue weighted by molar-refractivity contribution is 7.89. The minimum Gasteiger partial charge on any atom is -0.399 e. The fourth-order valence-corrected chi connectivity index (χ4v) is 4.00. The second-order valence-electron chi connectivity index (χ2n) is 7.97. The Morgan fingerprint density at radius 2 is 1.59 bits per heavy atom. The van der Waals surface area contributed by atoms with Gasteiger partial charge in [0.1, 0.15) is 0 Å². The molecule has 1 fully saturated rings. The smallest absolute Gasteiger partial charge is 0.399 e. The van der Waals surface area contributed by atoms with Gasteiger partial charge in [0.05, 0.1) is 16.1 Å². The molecule has 27 heavy (non-hydrogen) atoms. The van der Waals surface area contributed by atoms with Gasteiger partial charge in [-0.25, -0.2) is 13.1 Å². The predicted molar refractivity (Wildman–Crippen MR) is 107 cm³/mol. The van der Waals surface area contributed by atoms with Crippen LogP contribution in [-0.4, -0.2) is 26.7 Å². The van der Waals surface area contributed by atoms with Gasteiger partial charge in [-0.15, -0.1) is 0 Å². The topological polar surface area (TPSA) is 64.6 Å². The number of hydrogen-bond acceptors (Lipinski definition) is 4. The molecule has 3 rings (SSSR count). The minimum absolute atomic E-state index is 0.198. The molecule has 1 N–H and O–H groups in total. The number of hydrogen-bond donors (Lipinski definition) is 1. The van der Waals surface area contributed by atoms with Crippen LogP contribution in [-0.2, 0) is 25.9 Å². The Bertz CT molecular complexity index is 925. The largest absolute Gasteiger partial charge is 0.494 e. The van der Waals surface area contributed by atoms with Gasteiger partial charge >= 0.3 is 7.12 Å². The summed E-state index contributed by atoms with van der Waals surface area (Å²) in [4.78, 5) is 0.268. The first-order valence-electron chi connectivity index (χ1n) is 9.01. The number of rotatable bonds is 5. The zero-order valence-electron chi connectivity index (χ0n) is 16.4. The lowest BCUT2D eigenvalue weighted by Crippen LogP contribution is -2.41. The predicted octanol–water partition coefficient (Wildman–Crippen LogP) is 2.77. The third kappa shape index (κ3) is 4.27. The second-order valence-corrected chi connectivity index (χ2v) is 9.74. The van der Waals surface area contributed by atoms with Crippen LogP contribution in [0.5, 0.6) is 0 Å². The van der Waals surface area contributed by atoms with Crippen LogP contribution in [0.4, 0.5) is 0 Å². The summed E-state index contributed by atoms with van der Waals surface area (Å²) >= 11 is 0. The Morgan fingerprint density at radius 1 is 0.963 bits per heavy atom. The van der Waals surface area contributed by atoms with Gasteiger partial charge in [-0.2, -0.15) is 0 Å². The fraction of sp³-hybridized carbons (Fsp3) is 0.400. The van der Waals surface area contributed by atoms with Gasteiger partial charge in [0, 0.05) is 6.54 Å². The summed E-state index contributed by atoms with van der Waals surface area (Å²) in [7, 11) is -4.03. The molecule has 2 aromatic rings. The van der Waals surface area contributed by atoms with E-state index < -0.39 is 28.3 Å². The molecule has 2 aromatic carbocycles. The van der Waals surface area contributed by atoms with Crippen molar-refractivity contribution in [1.29, 1.82) is 0 Å². The number of nitrogens with one attached hydrogen (secondary N) is 1. The first-order chi connectivity index (χ1) is 12.5. The van der Waals surface area contributed by atoms with Gasteiger partial charge < -0.3 is 9.31 Å². The summed E-state index contributed by atoms with van der Waals surface area (Å²) in [5.74, 6) is 0. The number of benzene rings is 2. The first kappa shape index (κ1) is 20.1. The summed E-state index contributed by atoms with van der Waals surface area (Å²) in [6, 6.07) is 14.5. The number of sulfonamides is 1. The Morgan fingerprint density at radius 3 is 2.22 bits per heavy atom. The highest BCUT2D eigenvalue weighted by Gasteiger charge is 2.51. The van der Waals surface area contributed by atoms with E-state index in [1.807, 2.05) is 65.0 Å². The van der Waals surface area contributed by atoms with Gasteiger partial charge in [0.25, 0.3) is 0 Å². The van der Waals surface area contributed by atoms with E-state index in [4.69, 9.17) is 9.31 Å². The molecule has 7 heteroatoms. The lowest BCUT2D eigenvalue weighted by atomic mass is 9.78. The minimum atomic E-state index is -3.56. The van der Waals surface area contributed by atoms with Crippen LogP contribution in [0, 0.1) is 6.92 Å². The molecule has 0 radical (unpaired) electrons. The zero-order chi connectivity index (χ0) is 19.9. The molecule has 5 nitrogen and oxygen atoms in total. The average Bonchev–Trinajstić information content (AvgIpc) is 2.81. The van der Waals surface area contributed by atoms with E-state index in [1.54, 1.807) is 18.2 Å². The van der Waals surface area contributed by atoms with E-state index in [1.165, 1.54) is 0 Å².